The number of unbranched alkanes of at least 4 members (excludes halogenated alkanes) is 34. The highest BCUT2D eigenvalue weighted by molar-refractivity contribution is 5.71. The second kappa shape index (κ2) is 47.8. The van der Waals surface area contributed by atoms with Crippen LogP contribution in [0.15, 0.2) is 12.2 Å². The van der Waals surface area contributed by atoms with Crippen molar-refractivity contribution in [1.29, 1.82) is 0 Å². The maximum absolute atomic E-state index is 12.7. The van der Waals surface area contributed by atoms with E-state index in [2.05, 4.69) is 32.9 Å². The Morgan fingerprint density at radius 3 is 0.897 bits per heavy atom. The minimum atomic E-state index is -0.766. The molecule has 342 valence electrons. The van der Waals surface area contributed by atoms with E-state index >= 15 is 0 Å². The number of carbonyl (C=O) groups excluding carboxylic acids is 3. The minimum Gasteiger partial charge on any atom is -0.462 e. The summed E-state index contributed by atoms with van der Waals surface area (Å²) in [7, 11) is 0. The summed E-state index contributed by atoms with van der Waals surface area (Å²) >= 11 is 0. The molecule has 0 rings (SSSR count). The predicted octanol–water partition coefficient (Wildman–Crippen LogP) is 16.6. The van der Waals surface area contributed by atoms with Crippen molar-refractivity contribution in [1.82, 2.24) is 0 Å². The highest BCUT2D eigenvalue weighted by Gasteiger charge is 2.19. The molecule has 0 radical (unpaired) electrons. The fraction of sp³-hybridized carbons (Fsp3) is 0.904. The van der Waals surface area contributed by atoms with Gasteiger partial charge >= 0.3 is 17.9 Å². The normalized spacial score (nSPS) is 12.0. The maximum atomic E-state index is 12.7. The largest absolute Gasteiger partial charge is 0.462 e. The molecule has 0 aliphatic rings. The van der Waals surface area contributed by atoms with Crippen molar-refractivity contribution in [2.45, 2.75) is 290 Å². The van der Waals surface area contributed by atoms with Gasteiger partial charge < -0.3 is 14.2 Å². The third kappa shape index (κ3) is 45.2. The van der Waals surface area contributed by atoms with Crippen molar-refractivity contribution in [3.05, 3.63) is 12.2 Å². The molecule has 0 aliphatic carbocycles. The van der Waals surface area contributed by atoms with Crippen molar-refractivity contribution in [2.75, 3.05) is 13.2 Å². The lowest BCUT2D eigenvalue weighted by molar-refractivity contribution is -0.167. The van der Waals surface area contributed by atoms with Gasteiger partial charge in [-0.15, -0.1) is 0 Å². The molecule has 0 aromatic rings. The van der Waals surface area contributed by atoms with Crippen LogP contribution in [0.4, 0.5) is 0 Å². The SMILES string of the molecule is CCCCC/C=C\CCCCCCCC(=O)OC(COC(=O)CCCCCCCCCCCC)COC(=O)CCCCCCCCCCCCCCCCCCCC. The molecular formula is C52H98O6. The van der Waals surface area contributed by atoms with Crippen LogP contribution in [0, 0.1) is 0 Å². The van der Waals surface area contributed by atoms with Crippen LogP contribution in [0.5, 0.6) is 0 Å². The first-order valence-electron chi connectivity index (χ1n) is 25.7. The van der Waals surface area contributed by atoms with Crippen LogP contribution in [0.3, 0.4) is 0 Å². The first-order chi connectivity index (χ1) is 28.5. The molecule has 0 aliphatic heterocycles. The number of rotatable bonds is 47. The quantitative estimate of drug-likeness (QED) is 0.0263. The topological polar surface area (TPSA) is 78.9 Å². The van der Waals surface area contributed by atoms with Gasteiger partial charge in [-0.05, 0) is 44.9 Å². The molecule has 0 fully saturated rings. The lowest BCUT2D eigenvalue weighted by Crippen LogP contribution is -2.30. The zero-order valence-corrected chi connectivity index (χ0v) is 39.1. The number of allylic oxidation sites excluding steroid dienone is 2. The Balaban J connectivity index is 4.26. The van der Waals surface area contributed by atoms with E-state index in [0.717, 1.165) is 64.2 Å². The fourth-order valence-corrected chi connectivity index (χ4v) is 7.61. The van der Waals surface area contributed by atoms with Gasteiger partial charge in [-0.1, -0.05) is 232 Å². The zero-order chi connectivity index (χ0) is 42.3. The van der Waals surface area contributed by atoms with Gasteiger partial charge in [-0.3, -0.25) is 14.4 Å². The van der Waals surface area contributed by atoms with E-state index in [1.807, 2.05) is 0 Å². The van der Waals surface area contributed by atoms with Crippen LogP contribution in [0.2, 0.25) is 0 Å². The lowest BCUT2D eigenvalue weighted by Gasteiger charge is -2.18. The molecule has 1 unspecified atom stereocenters. The molecule has 1 atom stereocenters. The summed E-state index contributed by atoms with van der Waals surface area (Å²) in [6.45, 7) is 6.63. The van der Waals surface area contributed by atoms with Crippen LogP contribution in [0.1, 0.15) is 284 Å². The lowest BCUT2D eigenvalue weighted by atomic mass is 10.0. The summed E-state index contributed by atoms with van der Waals surface area (Å²) in [4.78, 5) is 37.8. The summed E-state index contributed by atoms with van der Waals surface area (Å²) in [6, 6.07) is 0. The molecule has 0 aromatic heterocycles. The van der Waals surface area contributed by atoms with Gasteiger partial charge in [0.05, 0.1) is 0 Å². The Bertz CT molecular complexity index is 900. The van der Waals surface area contributed by atoms with Gasteiger partial charge in [-0.25, -0.2) is 0 Å². The van der Waals surface area contributed by atoms with Crippen LogP contribution < -0.4 is 0 Å². The molecule has 0 saturated carbocycles. The first-order valence-corrected chi connectivity index (χ1v) is 25.7. The summed E-state index contributed by atoms with van der Waals surface area (Å²) in [6.07, 6.45) is 52.0. The monoisotopic (exact) mass is 819 g/mol. The molecule has 0 spiro atoms. The Morgan fingerprint density at radius 2 is 0.569 bits per heavy atom. The number of esters is 3. The second-order valence-corrected chi connectivity index (χ2v) is 17.4. The Hall–Kier alpha value is -1.85. The molecular weight excluding hydrogens is 721 g/mol. The van der Waals surface area contributed by atoms with Gasteiger partial charge in [0, 0.05) is 19.3 Å². The highest BCUT2D eigenvalue weighted by Crippen LogP contribution is 2.16. The minimum absolute atomic E-state index is 0.0683. The van der Waals surface area contributed by atoms with E-state index in [0.29, 0.717) is 19.3 Å². The summed E-state index contributed by atoms with van der Waals surface area (Å²) in [5.41, 5.74) is 0. The van der Waals surface area contributed by atoms with Crippen LogP contribution in [0.25, 0.3) is 0 Å². The molecule has 6 nitrogen and oxygen atoms in total. The first kappa shape index (κ1) is 56.1. The average molecular weight is 819 g/mol. The molecule has 58 heavy (non-hydrogen) atoms. The van der Waals surface area contributed by atoms with Crippen molar-refractivity contribution >= 4 is 17.9 Å². The van der Waals surface area contributed by atoms with E-state index in [9.17, 15) is 14.4 Å². The number of ether oxygens (including phenoxy) is 3. The van der Waals surface area contributed by atoms with E-state index in [1.165, 1.54) is 180 Å². The van der Waals surface area contributed by atoms with E-state index < -0.39 is 6.10 Å². The van der Waals surface area contributed by atoms with Gasteiger partial charge in [0.2, 0.25) is 0 Å². The van der Waals surface area contributed by atoms with Crippen molar-refractivity contribution in [3.63, 3.8) is 0 Å². The van der Waals surface area contributed by atoms with Crippen molar-refractivity contribution in [3.8, 4) is 0 Å². The maximum Gasteiger partial charge on any atom is 0.306 e. The molecule has 0 amide bonds. The summed E-state index contributed by atoms with van der Waals surface area (Å²) in [5.74, 6) is -0.864. The number of hydrogen-bond acceptors (Lipinski definition) is 6. The smallest absolute Gasteiger partial charge is 0.306 e. The summed E-state index contributed by atoms with van der Waals surface area (Å²) < 4.78 is 16.8. The number of carbonyl (C=O) groups is 3. The molecule has 0 N–H and O–H groups in total. The zero-order valence-electron chi connectivity index (χ0n) is 39.1. The summed E-state index contributed by atoms with van der Waals surface area (Å²) in [5, 5.41) is 0. The van der Waals surface area contributed by atoms with Crippen LogP contribution in [-0.2, 0) is 28.6 Å². The van der Waals surface area contributed by atoms with Gasteiger partial charge in [0.1, 0.15) is 13.2 Å². The van der Waals surface area contributed by atoms with Gasteiger partial charge in [0.25, 0.3) is 0 Å². The van der Waals surface area contributed by atoms with E-state index in [1.54, 1.807) is 0 Å². The van der Waals surface area contributed by atoms with Gasteiger partial charge in [0.15, 0.2) is 6.10 Å². The second-order valence-electron chi connectivity index (χ2n) is 17.4. The Morgan fingerprint density at radius 1 is 0.328 bits per heavy atom. The molecule has 0 aromatic carbocycles. The van der Waals surface area contributed by atoms with Crippen molar-refractivity contribution < 1.29 is 28.6 Å². The Labute approximate surface area is 360 Å². The average Bonchev–Trinajstić information content (AvgIpc) is 3.22. The molecule has 6 heteroatoms. The predicted molar refractivity (Wildman–Crippen MR) is 247 cm³/mol. The van der Waals surface area contributed by atoms with Crippen LogP contribution in [-0.4, -0.2) is 37.2 Å². The standard InChI is InChI=1S/C52H98O6/c1-4-7-10-13-16-19-22-24-25-26-27-28-29-31-33-36-39-42-45-51(54)57-48-49(47-56-50(53)44-41-38-35-32-21-18-15-12-9-6-3)58-52(55)46-43-40-37-34-30-23-20-17-14-11-8-5-2/h17,20,49H,4-16,18-19,21-48H2,1-3H3/b20-17-. The third-order valence-corrected chi connectivity index (χ3v) is 11.5. The van der Waals surface area contributed by atoms with E-state index in [-0.39, 0.29) is 31.1 Å². The van der Waals surface area contributed by atoms with Crippen LogP contribution >= 0.6 is 0 Å². The van der Waals surface area contributed by atoms with Gasteiger partial charge in [-0.2, -0.15) is 0 Å². The third-order valence-electron chi connectivity index (χ3n) is 11.5. The molecule has 0 bridgehead atoms. The van der Waals surface area contributed by atoms with Crippen molar-refractivity contribution in [2.24, 2.45) is 0 Å². The molecule has 0 saturated heterocycles. The number of hydrogen-bond donors (Lipinski definition) is 0. The fourth-order valence-electron chi connectivity index (χ4n) is 7.61. The van der Waals surface area contributed by atoms with E-state index in [4.69, 9.17) is 14.2 Å². The highest BCUT2D eigenvalue weighted by atomic mass is 16.6. The molecule has 0 heterocycles. The Kier molecular flexibility index (Phi) is 46.3.